The van der Waals surface area contributed by atoms with Crippen molar-refractivity contribution in [1.29, 1.82) is 0 Å². The molecule has 0 heterocycles. The van der Waals surface area contributed by atoms with Crippen LogP contribution in [0.25, 0.3) is 0 Å². The van der Waals surface area contributed by atoms with E-state index < -0.39 is 0 Å². The molecule has 0 aliphatic rings. The maximum Gasteiger partial charge on any atom is 0.276 e. The number of thiol groups is 1. The second-order valence-electron chi connectivity index (χ2n) is 1.26. The number of carbonyl (C=O) groups is 1. The minimum atomic E-state index is -0.289. The maximum atomic E-state index is 10.0. The van der Waals surface area contributed by atoms with Gasteiger partial charge in [0.05, 0.1) is 0 Å². The van der Waals surface area contributed by atoms with Crippen molar-refractivity contribution in [3.63, 3.8) is 0 Å². The SMILES string of the molecule is CC=CCNC(=O)S. The smallest absolute Gasteiger partial charge is 0.276 e. The summed E-state index contributed by atoms with van der Waals surface area (Å²) in [6.45, 7) is 2.46. The number of hydrogen-bond donors (Lipinski definition) is 2. The van der Waals surface area contributed by atoms with E-state index in [1.807, 2.05) is 19.1 Å². The van der Waals surface area contributed by atoms with Gasteiger partial charge in [0.1, 0.15) is 0 Å². The third-order valence-corrected chi connectivity index (χ3v) is 0.765. The Kier molecular flexibility index (Phi) is 4.45. The molecule has 0 aliphatic heterocycles. The first-order valence-corrected chi connectivity index (χ1v) is 2.80. The summed E-state index contributed by atoms with van der Waals surface area (Å²) < 4.78 is 0. The van der Waals surface area contributed by atoms with E-state index in [1.165, 1.54) is 0 Å². The molecule has 0 aromatic rings. The van der Waals surface area contributed by atoms with Crippen molar-refractivity contribution >= 4 is 17.9 Å². The van der Waals surface area contributed by atoms with Crippen molar-refractivity contribution in [2.45, 2.75) is 6.92 Å². The highest BCUT2D eigenvalue weighted by atomic mass is 32.1. The second-order valence-corrected chi connectivity index (χ2v) is 1.66. The Labute approximate surface area is 54.4 Å². The summed E-state index contributed by atoms with van der Waals surface area (Å²) in [7, 11) is 0. The van der Waals surface area contributed by atoms with Crippen LogP contribution in [-0.2, 0) is 0 Å². The van der Waals surface area contributed by atoms with Crippen molar-refractivity contribution in [2.75, 3.05) is 6.54 Å². The number of hydrogen-bond acceptors (Lipinski definition) is 1. The van der Waals surface area contributed by atoms with Crippen molar-refractivity contribution in [1.82, 2.24) is 5.32 Å². The van der Waals surface area contributed by atoms with Crippen molar-refractivity contribution in [3.8, 4) is 0 Å². The zero-order valence-electron chi connectivity index (χ0n) is 4.72. The number of nitrogens with one attached hydrogen (secondary N) is 1. The molecule has 0 bridgehead atoms. The maximum absolute atomic E-state index is 10.0. The number of rotatable bonds is 2. The largest absolute Gasteiger partial charge is 0.344 e. The Morgan fingerprint density at radius 3 is 2.88 bits per heavy atom. The highest BCUT2D eigenvalue weighted by Gasteiger charge is 1.82. The van der Waals surface area contributed by atoms with Gasteiger partial charge in [0, 0.05) is 6.54 Å². The van der Waals surface area contributed by atoms with Crippen LogP contribution in [0.3, 0.4) is 0 Å². The molecular formula is C5H9NOS. The van der Waals surface area contributed by atoms with Crippen LogP contribution in [0.5, 0.6) is 0 Å². The van der Waals surface area contributed by atoms with Gasteiger partial charge in [-0.3, -0.25) is 4.79 Å². The number of carbonyl (C=O) groups excluding carboxylic acids is 1. The molecule has 0 radical (unpaired) electrons. The van der Waals surface area contributed by atoms with Crippen LogP contribution in [0.2, 0.25) is 0 Å². The summed E-state index contributed by atoms with van der Waals surface area (Å²) in [6, 6.07) is 0. The molecule has 3 heteroatoms. The molecule has 0 saturated heterocycles. The molecule has 0 spiro atoms. The lowest BCUT2D eigenvalue weighted by atomic mass is 10.5. The third-order valence-electron chi connectivity index (χ3n) is 0.607. The summed E-state index contributed by atoms with van der Waals surface area (Å²) in [6.07, 6.45) is 3.71. The van der Waals surface area contributed by atoms with Crippen LogP contribution in [0.15, 0.2) is 12.2 Å². The standard InChI is InChI=1S/C5H9NOS/c1-2-3-4-6-5(7)8/h2-3H,4H2,1H3,(H2,6,7,8). The minimum absolute atomic E-state index is 0.289. The van der Waals surface area contributed by atoms with E-state index >= 15 is 0 Å². The normalized spacial score (nSPS) is 9.75. The van der Waals surface area contributed by atoms with Gasteiger partial charge in [-0.1, -0.05) is 24.8 Å². The van der Waals surface area contributed by atoms with Gasteiger partial charge in [0.15, 0.2) is 0 Å². The molecule has 1 amide bonds. The molecule has 0 fully saturated rings. The second kappa shape index (κ2) is 4.71. The van der Waals surface area contributed by atoms with Gasteiger partial charge in [-0.05, 0) is 6.92 Å². The van der Waals surface area contributed by atoms with Gasteiger partial charge >= 0.3 is 0 Å². The monoisotopic (exact) mass is 131 g/mol. The van der Waals surface area contributed by atoms with Gasteiger partial charge in [-0.2, -0.15) is 0 Å². The zero-order valence-corrected chi connectivity index (χ0v) is 5.61. The molecule has 0 unspecified atom stereocenters. The number of amides is 1. The van der Waals surface area contributed by atoms with Gasteiger partial charge in [-0.25, -0.2) is 0 Å². The van der Waals surface area contributed by atoms with E-state index in [0.29, 0.717) is 6.54 Å². The highest BCUT2D eigenvalue weighted by molar-refractivity contribution is 7.96. The predicted molar refractivity (Wildman–Crippen MR) is 37.2 cm³/mol. The fourth-order valence-corrected chi connectivity index (χ4v) is 0.355. The molecule has 1 N–H and O–H groups in total. The van der Waals surface area contributed by atoms with Gasteiger partial charge in [0.25, 0.3) is 5.24 Å². The van der Waals surface area contributed by atoms with E-state index in [0.717, 1.165) is 0 Å². The Bertz CT molecular complexity index is 101. The molecular weight excluding hydrogens is 122 g/mol. The van der Waals surface area contributed by atoms with Crippen LogP contribution < -0.4 is 5.32 Å². The third kappa shape index (κ3) is 5.56. The fraction of sp³-hybridized carbons (Fsp3) is 0.400. The Hall–Kier alpha value is -0.440. The molecule has 0 aliphatic carbocycles. The number of allylic oxidation sites excluding steroid dienone is 1. The molecule has 0 saturated carbocycles. The van der Waals surface area contributed by atoms with Crippen molar-refractivity contribution in [2.24, 2.45) is 0 Å². The lowest BCUT2D eigenvalue weighted by molar-refractivity contribution is 0.262. The van der Waals surface area contributed by atoms with E-state index in [2.05, 4.69) is 17.9 Å². The minimum Gasteiger partial charge on any atom is -0.344 e. The lowest BCUT2D eigenvalue weighted by Crippen LogP contribution is -2.15. The van der Waals surface area contributed by atoms with E-state index in [1.54, 1.807) is 0 Å². The van der Waals surface area contributed by atoms with Gasteiger partial charge in [-0.15, -0.1) is 0 Å². The summed E-state index contributed by atoms with van der Waals surface area (Å²) >= 11 is 3.49. The van der Waals surface area contributed by atoms with Crippen LogP contribution in [0, 0.1) is 0 Å². The van der Waals surface area contributed by atoms with Crippen LogP contribution in [0.1, 0.15) is 6.92 Å². The quantitative estimate of drug-likeness (QED) is 0.428. The highest BCUT2D eigenvalue weighted by Crippen LogP contribution is 1.74. The first-order valence-electron chi connectivity index (χ1n) is 2.35. The molecule has 0 rings (SSSR count). The van der Waals surface area contributed by atoms with Gasteiger partial charge in [0.2, 0.25) is 0 Å². The van der Waals surface area contributed by atoms with Gasteiger partial charge < -0.3 is 5.32 Å². The Morgan fingerprint density at radius 1 is 1.88 bits per heavy atom. The summed E-state index contributed by atoms with van der Waals surface area (Å²) in [4.78, 5) is 10.0. The predicted octanol–water partition coefficient (Wildman–Crippen LogP) is 1.20. The lowest BCUT2D eigenvalue weighted by Gasteiger charge is -1.90. The molecule has 46 valence electrons. The van der Waals surface area contributed by atoms with Crippen LogP contribution in [0.4, 0.5) is 4.79 Å². The van der Waals surface area contributed by atoms with E-state index in [4.69, 9.17) is 0 Å². The Morgan fingerprint density at radius 2 is 2.50 bits per heavy atom. The first-order chi connectivity index (χ1) is 3.77. The molecule has 2 nitrogen and oxygen atoms in total. The van der Waals surface area contributed by atoms with E-state index in [9.17, 15) is 4.79 Å². The Balaban J connectivity index is 3.05. The summed E-state index contributed by atoms with van der Waals surface area (Å²) in [5.41, 5.74) is 0. The van der Waals surface area contributed by atoms with Crippen molar-refractivity contribution < 1.29 is 4.79 Å². The summed E-state index contributed by atoms with van der Waals surface area (Å²) in [5.74, 6) is 0. The average Bonchev–Trinajstić information content (AvgIpc) is 1.66. The zero-order chi connectivity index (χ0) is 6.41. The van der Waals surface area contributed by atoms with E-state index in [-0.39, 0.29) is 5.24 Å². The molecule has 0 aromatic carbocycles. The van der Waals surface area contributed by atoms with Crippen LogP contribution in [-0.4, -0.2) is 11.8 Å². The fourth-order valence-electron chi connectivity index (χ4n) is 0.264. The molecule has 8 heavy (non-hydrogen) atoms. The molecule has 0 atom stereocenters. The topological polar surface area (TPSA) is 29.1 Å². The first kappa shape index (κ1) is 7.56. The van der Waals surface area contributed by atoms with Crippen LogP contribution >= 0.6 is 12.6 Å². The molecule has 0 aromatic heterocycles. The summed E-state index contributed by atoms with van der Waals surface area (Å²) in [5, 5.41) is 2.20. The van der Waals surface area contributed by atoms with Crippen molar-refractivity contribution in [3.05, 3.63) is 12.2 Å². The average molecular weight is 131 g/mol.